The van der Waals surface area contributed by atoms with Gasteiger partial charge in [0, 0.05) is 18.3 Å². The van der Waals surface area contributed by atoms with E-state index in [0.29, 0.717) is 5.56 Å². The molecular formula is C17H13ClF2N4O2. The van der Waals surface area contributed by atoms with Crippen LogP contribution in [0.4, 0.5) is 8.78 Å². The number of hydrogen-bond donors (Lipinski definition) is 2. The summed E-state index contributed by atoms with van der Waals surface area (Å²) < 4.78 is 33.1. The van der Waals surface area contributed by atoms with Crippen molar-refractivity contribution in [1.82, 2.24) is 20.5 Å². The Morgan fingerprint density at radius 2 is 2.12 bits per heavy atom. The fourth-order valence-electron chi connectivity index (χ4n) is 2.16. The first-order valence-electron chi connectivity index (χ1n) is 7.50. The van der Waals surface area contributed by atoms with Gasteiger partial charge in [0.1, 0.15) is 5.69 Å². The second kappa shape index (κ2) is 7.49. The van der Waals surface area contributed by atoms with Crippen LogP contribution in [-0.4, -0.2) is 21.1 Å². The third-order valence-corrected chi connectivity index (χ3v) is 3.84. The number of carbonyl (C=O) groups excluding carboxylic acids is 1. The zero-order valence-electron chi connectivity index (χ0n) is 13.5. The van der Waals surface area contributed by atoms with E-state index in [0.717, 1.165) is 0 Å². The maximum atomic E-state index is 14.0. The molecule has 2 heterocycles. The Labute approximate surface area is 152 Å². The molecule has 2 aromatic heterocycles. The monoisotopic (exact) mass is 378 g/mol. The molecule has 1 aromatic carbocycles. The molecule has 0 spiro atoms. The van der Waals surface area contributed by atoms with Crippen LogP contribution in [0.1, 0.15) is 21.6 Å². The Morgan fingerprint density at radius 3 is 2.85 bits per heavy atom. The molecule has 26 heavy (non-hydrogen) atoms. The third-order valence-electron chi connectivity index (χ3n) is 3.56. The third kappa shape index (κ3) is 3.65. The number of pyridine rings is 1. The van der Waals surface area contributed by atoms with Crippen molar-refractivity contribution in [2.24, 2.45) is 0 Å². The lowest BCUT2D eigenvalue weighted by Gasteiger charge is -2.12. The number of carbonyl (C=O) groups is 1. The number of aromatic nitrogens is 3. The second-order valence-corrected chi connectivity index (χ2v) is 5.76. The van der Waals surface area contributed by atoms with Crippen LogP contribution in [0.5, 0.6) is 11.6 Å². The highest BCUT2D eigenvalue weighted by Gasteiger charge is 2.16. The van der Waals surface area contributed by atoms with Gasteiger partial charge in [-0.05, 0) is 24.6 Å². The van der Waals surface area contributed by atoms with Crippen molar-refractivity contribution in [3.63, 3.8) is 0 Å². The second-order valence-electron chi connectivity index (χ2n) is 5.35. The van der Waals surface area contributed by atoms with E-state index in [-0.39, 0.29) is 34.5 Å². The van der Waals surface area contributed by atoms with Crippen molar-refractivity contribution in [3.8, 4) is 11.6 Å². The van der Waals surface area contributed by atoms with Gasteiger partial charge < -0.3 is 10.1 Å². The van der Waals surface area contributed by atoms with Gasteiger partial charge in [0.15, 0.2) is 11.6 Å². The summed E-state index contributed by atoms with van der Waals surface area (Å²) in [5.41, 5.74) is 0.751. The van der Waals surface area contributed by atoms with E-state index in [4.69, 9.17) is 16.3 Å². The number of halogens is 3. The minimum absolute atomic E-state index is 0.0350. The maximum absolute atomic E-state index is 14.0. The maximum Gasteiger partial charge on any atom is 0.271 e. The molecule has 0 fully saturated rings. The summed E-state index contributed by atoms with van der Waals surface area (Å²) in [6.45, 7) is 1.48. The standard InChI is InChI=1S/C17H13ClF2N4O2/c1-9-4-5-12(14(20)13(9)19)26-17-10(3-2-6-21-17)7-22-16(25)15-11(18)8-23-24-15/h2-6,8H,7H2,1H3,(H,22,25)(H,23,24). The minimum Gasteiger partial charge on any atom is -0.435 e. The highest BCUT2D eigenvalue weighted by molar-refractivity contribution is 6.33. The zero-order valence-corrected chi connectivity index (χ0v) is 14.3. The molecule has 0 saturated carbocycles. The highest BCUT2D eigenvalue weighted by Crippen LogP contribution is 2.28. The first-order valence-corrected chi connectivity index (χ1v) is 7.88. The number of rotatable bonds is 5. The van der Waals surface area contributed by atoms with Crippen molar-refractivity contribution >= 4 is 17.5 Å². The first-order chi connectivity index (χ1) is 12.5. The minimum atomic E-state index is -1.10. The van der Waals surface area contributed by atoms with E-state index >= 15 is 0 Å². The molecule has 6 nitrogen and oxygen atoms in total. The van der Waals surface area contributed by atoms with Crippen LogP contribution in [0.2, 0.25) is 5.02 Å². The van der Waals surface area contributed by atoms with Crippen LogP contribution in [0.15, 0.2) is 36.7 Å². The summed E-state index contributed by atoms with van der Waals surface area (Å²) >= 11 is 5.83. The average Bonchev–Trinajstić information content (AvgIpc) is 3.07. The average molecular weight is 379 g/mol. The summed E-state index contributed by atoms with van der Waals surface area (Å²) in [6.07, 6.45) is 2.75. The van der Waals surface area contributed by atoms with Gasteiger partial charge in [-0.1, -0.05) is 23.7 Å². The number of nitrogens with zero attached hydrogens (tertiary/aromatic N) is 2. The fourth-order valence-corrected chi connectivity index (χ4v) is 2.33. The predicted molar refractivity (Wildman–Crippen MR) is 90.2 cm³/mol. The Bertz CT molecular complexity index is 962. The van der Waals surface area contributed by atoms with Crippen molar-refractivity contribution < 1.29 is 18.3 Å². The summed E-state index contributed by atoms with van der Waals surface area (Å²) in [5.74, 6) is -2.81. The number of nitrogens with one attached hydrogen (secondary N) is 2. The molecule has 9 heteroatoms. The van der Waals surface area contributed by atoms with Gasteiger partial charge in [-0.2, -0.15) is 9.49 Å². The van der Waals surface area contributed by atoms with Crippen LogP contribution in [0.25, 0.3) is 0 Å². The predicted octanol–water partition coefficient (Wildman–Crippen LogP) is 3.77. The van der Waals surface area contributed by atoms with Crippen LogP contribution >= 0.6 is 11.6 Å². The molecular weight excluding hydrogens is 366 g/mol. The lowest BCUT2D eigenvalue weighted by molar-refractivity contribution is 0.0946. The van der Waals surface area contributed by atoms with E-state index in [9.17, 15) is 13.6 Å². The molecule has 0 saturated heterocycles. The lowest BCUT2D eigenvalue weighted by Crippen LogP contribution is -2.23. The van der Waals surface area contributed by atoms with Crippen molar-refractivity contribution in [3.05, 3.63) is 70.1 Å². The SMILES string of the molecule is Cc1ccc(Oc2ncccc2CNC(=O)c2[nH]ncc2Cl)c(F)c1F. The molecule has 0 aliphatic carbocycles. The first kappa shape index (κ1) is 17.8. The van der Waals surface area contributed by atoms with Crippen LogP contribution < -0.4 is 10.1 Å². The largest absolute Gasteiger partial charge is 0.435 e. The molecule has 0 unspecified atom stereocenters. The van der Waals surface area contributed by atoms with E-state index in [2.05, 4.69) is 20.5 Å². The van der Waals surface area contributed by atoms with E-state index in [1.165, 1.54) is 31.5 Å². The number of aryl methyl sites for hydroxylation is 1. The quantitative estimate of drug-likeness (QED) is 0.708. The van der Waals surface area contributed by atoms with Gasteiger partial charge in [-0.25, -0.2) is 9.37 Å². The number of H-pyrrole nitrogens is 1. The zero-order chi connectivity index (χ0) is 18.7. The molecule has 0 atom stereocenters. The summed E-state index contributed by atoms with van der Waals surface area (Å²) in [5, 5.41) is 8.95. The summed E-state index contributed by atoms with van der Waals surface area (Å²) in [7, 11) is 0. The van der Waals surface area contributed by atoms with E-state index in [1.54, 1.807) is 12.1 Å². The molecule has 2 N–H and O–H groups in total. The van der Waals surface area contributed by atoms with Gasteiger partial charge in [0.25, 0.3) is 5.91 Å². The topological polar surface area (TPSA) is 79.9 Å². The number of benzene rings is 1. The molecule has 0 bridgehead atoms. The van der Waals surface area contributed by atoms with Gasteiger partial charge in [-0.15, -0.1) is 0 Å². The highest BCUT2D eigenvalue weighted by atomic mass is 35.5. The molecule has 1 amide bonds. The Hall–Kier alpha value is -3.00. The number of ether oxygens (including phenoxy) is 1. The fraction of sp³-hybridized carbons (Fsp3) is 0.118. The van der Waals surface area contributed by atoms with Gasteiger partial charge >= 0.3 is 0 Å². The lowest BCUT2D eigenvalue weighted by atomic mass is 10.2. The Kier molecular flexibility index (Phi) is 5.13. The van der Waals surface area contributed by atoms with Gasteiger partial charge in [0.05, 0.1) is 11.2 Å². The summed E-state index contributed by atoms with van der Waals surface area (Å²) in [6, 6.07) is 5.98. The van der Waals surface area contributed by atoms with Gasteiger partial charge in [0.2, 0.25) is 11.7 Å². The van der Waals surface area contributed by atoms with Crippen molar-refractivity contribution in [1.29, 1.82) is 0 Å². The normalized spacial score (nSPS) is 10.6. The molecule has 0 aliphatic rings. The molecule has 3 aromatic rings. The van der Waals surface area contributed by atoms with E-state index in [1.807, 2.05) is 0 Å². The molecule has 3 rings (SSSR count). The molecule has 0 radical (unpaired) electrons. The van der Waals surface area contributed by atoms with E-state index < -0.39 is 17.5 Å². The number of aromatic amines is 1. The van der Waals surface area contributed by atoms with Crippen LogP contribution in [0, 0.1) is 18.6 Å². The number of amides is 1. The molecule has 134 valence electrons. The van der Waals surface area contributed by atoms with Crippen LogP contribution in [-0.2, 0) is 6.54 Å². The van der Waals surface area contributed by atoms with Crippen molar-refractivity contribution in [2.45, 2.75) is 13.5 Å². The Morgan fingerprint density at radius 1 is 1.31 bits per heavy atom. The Balaban J connectivity index is 1.78. The number of hydrogen-bond acceptors (Lipinski definition) is 4. The van der Waals surface area contributed by atoms with Crippen LogP contribution in [0.3, 0.4) is 0 Å². The van der Waals surface area contributed by atoms with Gasteiger partial charge in [-0.3, -0.25) is 9.89 Å². The summed E-state index contributed by atoms with van der Waals surface area (Å²) in [4.78, 5) is 16.1. The smallest absolute Gasteiger partial charge is 0.271 e. The van der Waals surface area contributed by atoms with Crippen molar-refractivity contribution in [2.75, 3.05) is 0 Å². The molecule has 0 aliphatic heterocycles.